The molecule has 1 aromatic heterocycles. The molecule has 0 bridgehead atoms. The van der Waals surface area contributed by atoms with E-state index in [0.717, 1.165) is 12.1 Å². The second kappa shape index (κ2) is 7.28. The third-order valence-electron chi connectivity index (χ3n) is 3.14. The van der Waals surface area contributed by atoms with Gasteiger partial charge in [-0.25, -0.2) is 0 Å². The van der Waals surface area contributed by atoms with E-state index in [1.165, 1.54) is 0 Å². The van der Waals surface area contributed by atoms with E-state index in [4.69, 9.17) is 10.5 Å². The largest absolute Gasteiger partial charge is 0.395 e. The fourth-order valence-electron chi connectivity index (χ4n) is 2.18. The Hall–Kier alpha value is -1.56. The molecular formula is C14H26N4O2. The average molecular weight is 282 g/mol. The molecule has 0 atom stereocenters. The summed E-state index contributed by atoms with van der Waals surface area (Å²) in [7, 11) is 3.39. The Morgan fingerprint density at radius 1 is 1.50 bits per heavy atom. The molecule has 1 aromatic rings. The SMILES string of the molecule is CCc1nn(C)c(C(=O)N(CCOC)CC(C)C)c1N. The average Bonchev–Trinajstić information content (AvgIpc) is 2.68. The maximum Gasteiger partial charge on any atom is 0.274 e. The first-order valence-corrected chi connectivity index (χ1v) is 7.01. The van der Waals surface area contributed by atoms with Crippen LogP contribution in [0.3, 0.4) is 0 Å². The predicted molar refractivity (Wildman–Crippen MR) is 79.6 cm³/mol. The monoisotopic (exact) mass is 282 g/mol. The number of carbonyl (C=O) groups excluding carboxylic acids is 1. The van der Waals surface area contributed by atoms with E-state index in [9.17, 15) is 4.79 Å². The van der Waals surface area contributed by atoms with Crippen LogP contribution in [-0.4, -0.2) is 47.4 Å². The maximum absolute atomic E-state index is 12.7. The Morgan fingerprint density at radius 2 is 2.15 bits per heavy atom. The van der Waals surface area contributed by atoms with Gasteiger partial charge in [0.15, 0.2) is 0 Å². The summed E-state index contributed by atoms with van der Waals surface area (Å²) in [5.41, 5.74) is 7.78. The molecule has 6 heteroatoms. The molecule has 1 heterocycles. The number of amides is 1. The summed E-state index contributed by atoms with van der Waals surface area (Å²) >= 11 is 0. The molecule has 0 spiro atoms. The number of hydrogen-bond acceptors (Lipinski definition) is 4. The number of nitrogens with two attached hydrogens (primary N) is 1. The van der Waals surface area contributed by atoms with E-state index in [2.05, 4.69) is 18.9 Å². The maximum atomic E-state index is 12.7. The van der Waals surface area contributed by atoms with E-state index >= 15 is 0 Å². The van der Waals surface area contributed by atoms with E-state index in [1.807, 2.05) is 6.92 Å². The Kier molecular flexibility index (Phi) is 6.01. The lowest BCUT2D eigenvalue weighted by Crippen LogP contribution is -2.38. The molecule has 0 unspecified atom stereocenters. The number of rotatable bonds is 7. The standard InChI is InChI=1S/C14H26N4O2/c1-6-11-12(15)13(17(4)16-11)14(19)18(7-8-20-5)9-10(2)3/h10H,6-9,15H2,1-5H3. The van der Waals surface area contributed by atoms with Crippen molar-refractivity contribution in [3.05, 3.63) is 11.4 Å². The second-order valence-electron chi connectivity index (χ2n) is 5.32. The lowest BCUT2D eigenvalue weighted by molar-refractivity contribution is 0.0662. The summed E-state index contributed by atoms with van der Waals surface area (Å²) in [4.78, 5) is 14.5. The first kappa shape index (κ1) is 16.5. The third kappa shape index (κ3) is 3.72. The molecule has 0 aliphatic heterocycles. The first-order valence-electron chi connectivity index (χ1n) is 7.01. The highest BCUT2D eigenvalue weighted by Gasteiger charge is 2.24. The predicted octanol–water partition coefficient (Wildman–Crippen LogP) is 1.31. The van der Waals surface area contributed by atoms with Gasteiger partial charge in [0.25, 0.3) is 5.91 Å². The van der Waals surface area contributed by atoms with Crippen LogP contribution in [0.5, 0.6) is 0 Å². The van der Waals surface area contributed by atoms with Crippen molar-refractivity contribution in [1.82, 2.24) is 14.7 Å². The summed E-state index contributed by atoms with van der Waals surface area (Å²) in [5.74, 6) is 0.304. The summed E-state index contributed by atoms with van der Waals surface area (Å²) < 4.78 is 6.66. The summed E-state index contributed by atoms with van der Waals surface area (Å²) in [6.07, 6.45) is 0.717. The second-order valence-corrected chi connectivity index (χ2v) is 5.32. The van der Waals surface area contributed by atoms with Crippen LogP contribution in [0.25, 0.3) is 0 Å². The van der Waals surface area contributed by atoms with Crippen LogP contribution in [-0.2, 0) is 18.2 Å². The van der Waals surface area contributed by atoms with Crippen LogP contribution in [0.15, 0.2) is 0 Å². The van der Waals surface area contributed by atoms with Crippen LogP contribution in [0, 0.1) is 5.92 Å². The van der Waals surface area contributed by atoms with Crippen molar-refractivity contribution >= 4 is 11.6 Å². The van der Waals surface area contributed by atoms with Crippen molar-refractivity contribution < 1.29 is 9.53 Å². The quantitative estimate of drug-likeness (QED) is 0.818. The van der Waals surface area contributed by atoms with E-state index in [0.29, 0.717) is 37.0 Å². The molecule has 0 fully saturated rings. The van der Waals surface area contributed by atoms with Crippen molar-refractivity contribution in [3.8, 4) is 0 Å². The molecular weight excluding hydrogens is 256 g/mol. The Morgan fingerprint density at radius 3 is 2.60 bits per heavy atom. The van der Waals surface area contributed by atoms with E-state index in [1.54, 1.807) is 23.7 Å². The van der Waals surface area contributed by atoms with E-state index in [-0.39, 0.29) is 5.91 Å². The topological polar surface area (TPSA) is 73.4 Å². The minimum absolute atomic E-state index is 0.0806. The fourth-order valence-corrected chi connectivity index (χ4v) is 2.18. The number of nitrogen functional groups attached to an aromatic ring is 1. The van der Waals surface area contributed by atoms with Crippen molar-refractivity contribution in [2.75, 3.05) is 32.5 Å². The minimum atomic E-state index is -0.0806. The molecule has 0 saturated heterocycles. The van der Waals surface area contributed by atoms with Gasteiger partial charge in [0.2, 0.25) is 0 Å². The normalized spacial score (nSPS) is 11.1. The Balaban J connectivity index is 3.01. The lowest BCUT2D eigenvalue weighted by Gasteiger charge is -2.24. The van der Waals surface area contributed by atoms with Gasteiger partial charge in [0.05, 0.1) is 18.0 Å². The van der Waals surface area contributed by atoms with Crippen molar-refractivity contribution in [3.63, 3.8) is 0 Å². The fraction of sp³-hybridized carbons (Fsp3) is 0.714. The van der Waals surface area contributed by atoms with Gasteiger partial charge in [0.1, 0.15) is 5.69 Å². The molecule has 2 N–H and O–H groups in total. The van der Waals surface area contributed by atoms with Crippen molar-refractivity contribution in [1.29, 1.82) is 0 Å². The number of ether oxygens (including phenoxy) is 1. The first-order chi connectivity index (χ1) is 9.42. The van der Waals surface area contributed by atoms with Crippen molar-refractivity contribution in [2.24, 2.45) is 13.0 Å². The number of carbonyl (C=O) groups is 1. The number of methoxy groups -OCH3 is 1. The van der Waals surface area contributed by atoms with Crippen LogP contribution in [0.1, 0.15) is 37.0 Å². The summed E-state index contributed by atoms with van der Waals surface area (Å²) in [5, 5.41) is 4.30. The van der Waals surface area contributed by atoms with E-state index < -0.39 is 0 Å². The zero-order valence-corrected chi connectivity index (χ0v) is 13.1. The molecule has 1 rings (SSSR count). The molecule has 0 aromatic carbocycles. The van der Waals surface area contributed by atoms with Crippen LogP contribution >= 0.6 is 0 Å². The number of aryl methyl sites for hydroxylation is 2. The van der Waals surface area contributed by atoms with Crippen LogP contribution in [0.2, 0.25) is 0 Å². The Bertz CT molecular complexity index is 454. The minimum Gasteiger partial charge on any atom is -0.395 e. The molecule has 0 aliphatic rings. The van der Waals surface area contributed by atoms with Gasteiger partial charge in [-0.2, -0.15) is 5.10 Å². The smallest absolute Gasteiger partial charge is 0.274 e. The van der Waals surface area contributed by atoms with Gasteiger partial charge >= 0.3 is 0 Å². The molecule has 6 nitrogen and oxygen atoms in total. The Labute approximate surface area is 120 Å². The van der Waals surface area contributed by atoms with Crippen LogP contribution in [0.4, 0.5) is 5.69 Å². The molecule has 0 aliphatic carbocycles. The highest BCUT2D eigenvalue weighted by atomic mass is 16.5. The van der Waals surface area contributed by atoms with Gasteiger partial charge in [-0.15, -0.1) is 0 Å². The zero-order chi connectivity index (χ0) is 15.3. The molecule has 0 radical (unpaired) electrons. The number of anilines is 1. The number of hydrogen-bond donors (Lipinski definition) is 1. The molecule has 114 valence electrons. The van der Waals surface area contributed by atoms with Gasteiger partial charge < -0.3 is 15.4 Å². The van der Waals surface area contributed by atoms with Gasteiger partial charge in [-0.05, 0) is 12.3 Å². The highest BCUT2D eigenvalue weighted by Crippen LogP contribution is 2.19. The molecule has 0 saturated carbocycles. The van der Waals surface area contributed by atoms with Crippen molar-refractivity contribution in [2.45, 2.75) is 27.2 Å². The summed E-state index contributed by atoms with van der Waals surface area (Å²) in [6, 6.07) is 0. The van der Waals surface area contributed by atoms with Gasteiger partial charge in [-0.3, -0.25) is 9.48 Å². The lowest BCUT2D eigenvalue weighted by atomic mass is 10.2. The number of aromatic nitrogens is 2. The number of nitrogens with zero attached hydrogens (tertiary/aromatic N) is 3. The highest BCUT2D eigenvalue weighted by molar-refractivity contribution is 5.98. The summed E-state index contributed by atoms with van der Waals surface area (Å²) in [6.45, 7) is 7.88. The molecule has 1 amide bonds. The van der Waals surface area contributed by atoms with Gasteiger partial charge in [0, 0.05) is 27.2 Å². The van der Waals surface area contributed by atoms with Crippen LogP contribution < -0.4 is 5.73 Å². The van der Waals surface area contributed by atoms with Gasteiger partial charge in [-0.1, -0.05) is 20.8 Å². The third-order valence-corrected chi connectivity index (χ3v) is 3.14. The molecule has 20 heavy (non-hydrogen) atoms. The zero-order valence-electron chi connectivity index (χ0n) is 13.1.